The third kappa shape index (κ3) is 7.54. The van der Waals surface area contributed by atoms with Crippen molar-refractivity contribution in [3.8, 4) is 0 Å². The van der Waals surface area contributed by atoms with Crippen LogP contribution in [-0.2, 0) is 24.3 Å². The SMILES string of the molecule is CCNC(=NCc1ccc2c(c1)CCCN2C)NCCCOCc1ccco1.I. The molecular weight excluding hydrogens is 479 g/mol. The number of hydrogen-bond acceptors (Lipinski definition) is 4. The standard InChI is InChI=1S/C22H32N4O2.HI/c1-3-23-22(24-11-6-13-27-17-20-8-5-14-28-20)25-16-18-9-10-21-19(15-18)7-4-12-26(21)2;/h5,8-10,14-15H,3-4,6-7,11-13,16-17H2,1-2H3,(H2,23,24,25);1H. The summed E-state index contributed by atoms with van der Waals surface area (Å²) in [5.41, 5.74) is 4.06. The fourth-order valence-electron chi connectivity index (χ4n) is 3.40. The van der Waals surface area contributed by atoms with Crippen LogP contribution in [0.1, 0.15) is 36.7 Å². The Morgan fingerprint density at radius 2 is 2.17 bits per heavy atom. The summed E-state index contributed by atoms with van der Waals surface area (Å²) in [5.74, 6) is 1.71. The van der Waals surface area contributed by atoms with Gasteiger partial charge < -0.3 is 24.7 Å². The lowest BCUT2D eigenvalue weighted by Crippen LogP contribution is -2.38. The minimum Gasteiger partial charge on any atom is -0.467 e. The molecule has 29 heavy (non-hydrogen) atoms. The Hall–Kier alpha value is -1.74. The van der Waals surface area contributed by atoms with Crippen LogP contribution < -0.4 is 15.5 Å². The Balaban J connectivity index is 0.00000300. The number of rotatable bonds is 9. The molecule has 1 aliphatic heterocycles. The van der Waals surface area contributed by atoms with E-state index in [2.05, 4.69) is 47.7 Å². The molecular formula is C22H33IN4O2. The summed E-state index contributed by atoms with van der Waals surface area (Å²) < 4.78 is 10.9. The number of hydrogen-bond donors (Lipinski definition) is 2. The van der Waals surface area contributed by atoms with Crippen LogP contribution in [0.15, 0.2) is 46.0 Å². The van der Waals surface area contributed by atoms with Gasteiger partial charge in [0.05, 0.1) is 12.8 Å². The smallest absolute Gasteiger partial charge is 0.191 e. The van der Waals surface area contributed by atoms with Crippen molar-refractivity contribution in [3.63, 3.8) is 0 Å². The van der Waals surface area contributed by atoms with Gasteiger partial charge in [-0.05, 0) is 55.5 Å². The number of anilines is 1. The van der Waals surface area contributed by atoms with Gasteiger partial charge in [0.15, 0.2) is 5.96 Å². The average Bonchev–Trinajstić information content (AvgIpc) is 3.22. The van der Waals surface area contributed by atoms with Gasteiger partial charge in [0.25, 0.3) is 0 Å². The van der Waals surface area contributed by atoms with Gasteiger partial charge in [-0.15, -0.1) is 24.0 Å². The molecule has 0 amide bonds. The molecule has 1 aromatic heterocycles. The van der Waals surface area contributed by atoms with E-state index in [0.717, 1.165) is 44.2 Å². The number of aliphatic imine (C=N–C) groups is 1. The minimum atomic E-state index is 0. The van der Waals surface area contributed by atoms with Crippen LogP contribution in [0.3, 0.4) is 0 Å². The van der Waals surface area contributed by atoms with Gasteiger partial charge in [0, 0.05) is 39.0 Å². The van der Waals surface area contributed by atoms with E-state index in [1.54, 1.807) is 6.26 Å². The monoisotopic (exact) mass is 512 g/mol. The maximum absolute atomic E-state index is 5.61. The molecule has 6 nitrogen and oxygen atoms in total. The zero-order valence-electron chi connectivity index (χ0n) is 17.4. The summed E-state index contributed by atoms with van der Waals surface area (Å²) in [6.45, 7) is 6.78. The summed E-state index contributed by atoms with van der Waals surface area (Å²) >= 11 is 0. The van der Waals surface area contributed by atoms with Crippen LogP contribution in [-0.4, -0.2) is 39.2 Å². The van der Waals surface area contributed by atoms with Crippen LogP contribution in [0, 0.1) is 0 Å². The summed E-state index contributed by atoms with van der Waals surface area (Å²) in [5, 5.41) is 6.69. The molecule has 160 valence electrons. The predicted octanol–water partition coefficient (Wildman–Crippen LogP) is 3.94. The van der Waals surface area contributed by atoms with Gasteiger partial charge in [0.2, 0.25) is 0 Å². The fourth-order valence-corrected chi connectivity index (χ4v) is 3.40. The molecule has 3 rings (SSSR count). The van der Waals surface area contributed by atoms with Crippen molar-refractivity contribution >= 4 is 35.6 Å². The topological polar surface area (TPSA) is 62.0 Å². The van der Waals surface area contributed by atoms with E-state index < -0.39 is 0 Å². The number of nitrogens with one attached hydrogen (secondary N) is 2. The number of furan rings is 1. The number of aryl methyl sites for hydroxylation is 1. The van der Waals surface area contributed by atoms with Gasteiger partial charge in [-0.3, -0.25) is 0 Å². The average molecular weight is 512 g/mol. The van der Waals surface area contributed by atoms with Crippen LogP contribution in [0.2, 0.25) is 0 Å². The number of nitrogens with zero attached hydrogens (tertiary/aromatic N) is 2. The van der Waals surface area contributed by atoms with Gasteiger partial charge >= 0.3 is 0 Å². The second-order valence-corrected chi connectivity index (χ2v) is 7.10. The van der Waals surface area contributed by atoms with Crippen molar-refractivity contribution in [3.05, 3.63) is 53.5 Å². The van der Waals surface area contributed by atoms with Crippen LogP contribution >= 0.6 is 24.0 Å². The number of guanidine groups is 1. The fraction of sp³-hybridized carbons (Fsp3) is 0.500. The Labute approximate surface area is 191 Å². The third-order valence-electron chi connectivity index (χ3n) is 4.84. The maximum atomic E-state index is 5.61. The molecule has 0 bridgehead atoms. The molecule has 1 aromatic carbocycles. The van der Waals surface area contributed by atoms with Crippen molar-refractivity contribution in [1.82, 2.24) is 10.6 Å². The van der Waals surface area contributed by atoms with Crippen LogP contribution in [0.5, 0.6) is 0 Å². The Morgan fingerprint density at radius 1 is 1.28 bits per heavy atom. The highest BCUT2D eigenvalue weighted by molar-refractivity contribution is 14.0. The molecule has 0 aliphatic carbocycles. The second kappa shape index (κ2) is 12.7. The van der Waals surface area contributed by atoms with E-state index >= 15 is 0 Å². The quantitative estimate of drug-likeness (QED) is 0.231. The maximum Gasteiger partial charge on any atom is 0.191 e. The van der Waals surface area contributed by atoms with Crippen molar-refractivity contribution in [2.24, 2.45) is 4.99 Å². The molecule has 0 atom stereocenters. The highest BCUT2D eigenvalue weighted by atomic mass is 127. The number of ether oxygens (including phenoxy) is 1. The first-order valence-corrected chi connectivity index (χ1v) is 10.2. The van der Waals surface area contributed by atoms with Crippen LogP contribution in [0.4, 0.5) is 5.69 Å². The first kappa shape index (κ1) is 23.5. The second-order valence-electron chi connectivity index (χ2n) is 7.10. The van der Waals surface area contributed by atoms with Crippen molar-refractivity contribution in [2.45, 2.75) is 39.3 Å². The van der Waals surface area contributed by atoms with Gasteiger partial charge in [-0.2, -0.15) is 0 Å². The van der Waals surface area contributed by atoms with Crippen LogP contribution in [0.25, 0.3) is 0 Å². The number of benzene rings is 1. The summed E-state index contributed by atoms with van der Waals surface area (Å²) in [4.78, 5) is 7.07. The highest BCUT2D eigenvalue weighted by Gasteiger charge is 2.13. The van der Waals surface area contributed by atoms with Gasteiger partial charge in [-0.1, -0.05) is 12.1 Å². The zero-order valence-corrected chi connectivity index (χ0v) is 19.8. The number of fused-ring (bicyclic) bond motifs is 1. The lowest BCUT2D eigenvalue weighted by molar-refractivity contribution is 0.105. The number of halogens is 1. The normalized spacial score (nSPS) is 13.6. The molecule has 7 heteroatoms. The van der Waals surface area contributed by atoms with E-state index in [9.17, 15) is 0 Å². The van der Waals surface area contributed by atoms with E-state index in [0.29, 0.717) is 19.8 Å². The molecule has 0 unspecified atom stereocenters. The molecule has 2 N–H and O–H groups in total. The summed E-state index contributed by atoms with van der Waals surface area (Å²) in [6.07, 6.45) is 4.96. The van der Waals surface area contributed by atoms with E-state index in [-0.39, 0.29) is 24.0 Å². The lowest BCUT2D eigenvalue weighted by atomic mass is 10.00. The third-order valence-corrected chi connectivity index (χ3v) is 4.84. The Kier molecular flexibility index (Phi) is 10.3. The summed E-state index contributed by atoms with van der Waals surface area (Å²) in [7, 11) is 2.17. The highest BCUT2D eigenvalue weighted by Crippen LogP contribution is 2.26. The zero-order chi connectivity index (χ0) is 19.6. The molecule has 0 fully saturated rings. The molecule has 2 heterocycles. The van der Waals surface area contributed by atoms with Crippen molar-refractivity contribution in [1.29, 1.82) is 0 Å². The lowest BCUT2D eigenvalue weighted by Gasteiger charge is -2.27. The van der Waals surface area contributed by atoms with Gasteiger partial charge in [-0.25, -0.2) is 4.99 Å². The molecule has 0 radical (unpaired) electrons. The molecule has 0 saturated heterocycles. The largest absolute Gasteiger partial charge is 0.467 e. The van der Waals surface area contributed by atoms with E-state index in [4.69, 9.17) is 14.1 Å². The van der Waals surface area contributed by atoms with Crippen molar-refractivity contribution < 1.29 is 9.15 Å². The Bertz CT molecular complexity index is 749. The van der Waals surface area contributed by atoms with Crippen molar-refractivity contribution in [2.75, 3.05) is 38.2 Å². The minimum absolute atomic E-state index is 0. The predicted molar refractivity (Wildman–Crippen MR) is 129 cm³/mol. The molecule has 2 aromatic rings. The van der Waals surface area contributed by atoms with E-state index in [1.807, 2.05) is 12.1 Å². The molecule has 1 aliphatic rings. The molecule has 0 saturated carbocycles. The summed E-state index contributed by atoms with van der Waals surface area (Å²) in [6, 6.07) is 10.5. The van der Waals surface area contributed by atoms with Gasteiger partial charge in [0.1, 0.15) is 12.4 Å². The molecule has 0 spiro atoms. The first-order valence-electron chi connectivity index (χ1n) is 10.2. The Morgan fingerprint density at radius 3 is 2.97 bits per heavy atom. The first-order chi connectivity index (χ1) is 13.8. The van der Waals surface area contributed by atoms with E-state index in [1.165, 1.54) is 23.2 Å².